The van der Waals surface area contributed by atoms with E-state index in [2.05, 4.69) is 51.1 Å². The summed E-state index contributed by atoms with van der Waals surface area (Å²) in [5.74, 6) is 0. The van der Waals surface area contributed by atoms with E-state index in [0.717, 1.165) is 6.04 Å². The lowest BCUT2D eigenvalue weighted by Gasteiger charge is -2.41. The topological polar surface area (TPSA) is 24.5 Å². The van der Waals surface area contributed by atoms with Crippen LogP contribution in [0.25, 0.3) is 0 Å². The number of rotatable bonds is 6. The molecule has 2 fully saturated rings. The average Bonchev–Trinajstić information content (AvgIpc) is 3.00. The summed E-state index contributed by atoms with van der Waals surface area (Å²) in [5.41, 5.74) is 0. The van der Waals surface area contributed by atoms with Gasteiger partial charge in [-0.15, -0.1) is 0 Å². The molecule has 2 aliphatic heterocycles. The van der Waals surface area contributed by atoms with Gasteiger partial charge in [0, 0.05) is 18.2 Å². The van der Waals surface area contributed by atoms with Crippen molar-refractivity contribution in [2.45, 2.75) is 95.6 Å². The van der Waals surface area contributed by atoms with Crippen LogP contribution >= 0.6 is 0 Å². The van der Waals surface area contributed by atoms with Gasteiger partial charge in [0.25, 0.3) is 0 Å². The Kier molecular flexibility index (Phi) is 6.14. The van der Waals surface area contributed by atoms with Gasteiger partial charge in [0.15, 0.2) is 8.32 Å². The minimum absolute atomic E-state index is 0.302. The molecule has 2 rings (SSSR count). The van der Waals surface area contributed by atoms with E-state index in [-0.39, 0.29) is 0 Å². The second-order valence-corrected chi connectivity index (χ2v) is 13.8. The summed E-state index contributed by atoms with van der Waals surface area (Å²) in [6.45, 7) is 14.3. The Labute approximate surface area is 139 Å². The molecule has 0 unspecified atom stereocenters. The molecule has 0 aromatic carbocycles. The van der Waals surface area contributed by atoms with E-state index in [0.29, 0.717) is 17.2 Å². The molecule has 0 amide bonds. The first-order valence-corrected chi connectivity index (χ1v) is 12.2. The van der Waals surface area contributed by atoms with Crippen molar-refractivity contribution in [1.29, 1.82) is 0 Å². The maximum Gasteiger partial charge on any atom is 0.192 e. The summed E-state index contributed by atoms with van der Waals surface area (Å²) in [6.07, 6.45) is 8.24. The lowest BCUT2D eigenvalue weighted by molar-refractivity contribution is 0.119. The number of nitrogens with zero attached hydrogens (tertiary/aromatic N) is 1. The Bertz CT molecular complexity index is 347. The molecule has 2 aliphatic rings. The highest BCUT2D eigenvalue weighted by molar-refractivity contribution is 6.74. The van der Waals surface area contributed by atoms with Crippen molar-refractivity contribution in [3.05, 3.63) is 0 Å². The van der Waals surface area contributed by atoms with Crippen LogP contribution in [0, 0.1) is 0 Å². The van der Waals surface area contributed by atoms with Gasteiger partial charge in [-0.2, -0.15) is 0 Å². The Morgan fingerprint density at radius 2 is 1.91 bits per heavy atom. The maximum atomic E-state index is 6.85. The van der Waals surface area contributed by atoms with E-state index in [9.17, 15) is 0 Å². The summed E-state index contributed by atoms with van der Waals surface area (Å²) in [6, 6.07) is 1.41. The standard InChI is InChI=1S/C18H38N2OSi/c1-18(2,3)22(5,6)21-17(13-15-9-7-11-19-15)14-16-10-8-12-20(16)4/h15-17,19H,7-14H2,1-6H3/t15-,16-,17-/m0/s1. The first kappa shape index (κ1) is 18.4. The Hall–Kier alpha value is 0.0969. The van der Waals surface area contributed by atoms with Crippen molar-refractivity contribution in [3.8, 4) is 0 Å². The van der Waals surface area contributed by atoms with Gasteiger partial charge in [0.2, 0.25) is 0 Å². The van der Waals surface area contributed by atoms with Crippen LogP contribution in [0.2, 0.25) is 18.1 Å². The number of hydrogen-bond acceptors (Lipinski definition) is 3. The van der Waals surface area contributed by atoms with E-state index in [1.807, 2.05) is 0 Å². The van der Waals surface area contributed by atoms with Crippen LogP contribution in [-0.2, 0) is 4.43 Å². The van der Waals surface area contributed by atoms with E-state index in [1.54, 1.807) is 0 Å². The molecule has 1 N–H and O–H groups in total. The molecule has 3 atom stereocenters. The smallest absolute Gasteiger partial charge is 0.192 e. The van der Waals surface area contributed by atoms with Gasteiger partial charge in [0.05, 0.1) is 0 Å². The van der Waals surface area contributed by atoms with Gasteiger partial charge < -0.3 is 14.6 Å². The van der Waals surface area contributed by atoms with Gasteiger partial charge >= 0.3 is 0 Å². The van der Waals surface area contributed by atoms with Gasteiger partial charge in [-0.25, -0.2) is 0 Å². The van der Waals surface area contributed by atoms with E-state index < -0.39 is 8.32 Å². The normalized spacial score (nSPS) is 29.2. The molecule has 4 heteroatoms. The summed E-state index contributed by atoms with van der Waals surface area (Å²) < 4.78 is 6.85. The summed E-state index contributed by atoms with van der Waals surface area (Å²) in [4.78, 5) is 2.55. The van der Waals surface area contributed by atoms with Crippen molar-refractivity contribution in [2.75, 3.05) is 20.1 Å². The predicted octanol–water partition coefficient (Wildman–Crippen LogP) is 4.00. The zero-order valence-corrected chi connectivity index (χ0v) is 16.7. The first-order valence-electron chi connectivity index (χ1n) is 9.30. The van der Waals surface area contributed by atoms with Crippen LogP contribution < -0.4 is 5.32 Å². The number of nitrogens with one attached hydrogen (secondary N) is 1. The van der Waals surface area contributed by atoms with Gasteiger partial charge in [0.1, 0.15) is 0 Å². The molecule has 3 nitrogen and oxygen atoms in total. The van der Waals surface area contributed by atoms with E-state index >= 15 is 0 Å². The van der Waals surface area contributed by atoms with Crippen molar-refractivity contribution in [2.24, 2.45) is 0 Å². The fraction of sp³-hybridized carbons (Fsp3) is 1.00. The van der Waals surface area contributed by atoms with Gasteiger partial charge in [-0.3, -0.25) is 0 Å². The minimum atomic E-state index is -1.68. The Morgan fingerprint density at radius 3 is 2.41 bits per heavy atom. The zero-order chi connectivity index (χ0) is 16.4. The second-order valence-electron chi connectivity index (χ2n) is 9.04. The molecule has 0 aromatic rings. The van der Waals surface area contributed by atoms with Crippen LogP contribution in [0.1, 0.15) is 59.3 Å². The minimum Gasteiger partial charge on any atom is -0.414 e. The van der Waals surface area contributed by atoms with Crippen molar-refractivity contribution >= 4 is 8.32 Å². The van der Waals surface area contributed by atoms with Crippen LogP contribution in [-0.4, -0.2) is 51.5 Å². The molecular formula is C18H38N2OSi. The third kappa shape index (κ3) is 4.79. The quantitative estimate of drug-likeness (QED) is 0.747. The molecule has 2 heterocycles. The molecule has 0 aromatic heterocycles. The van der Waals surface area contributed by atoms with Gasteiger partial charge in [-0.1, -0.05) is 20.8 Å². The summed E-state index contributed by atoms with van der Waals surface area (Å²) in [5, 5.41) is 3.97. The van der Waals surface area contributed by atoms with Crippen molar-refractivity contribution in [3.63, 3.8) is 0 Å². The third-order valence-electron chi connectivity index (χ3n) is 6.18. The van der Waals surface area contributed by atoms with Crippen molar-refractivity contribution in [1.82, 2.24) is 10.2 Å². The largest absolute Gasteiger partial charge is 0.414 e. The van der Waals surface area contributed by atoms with Crippen LogP contribution in [0.15, 0.2) is 0 Å². The number of hydrogen-bond donors (Lipinski definition) is 1. The fourth-order valence-corrected chi connectivity index (χ4v) is 5.02. The van der Waals surface area contributed by atoms with Crippen LogP contribution in [0.3, 0.4) is 0 Å². The molecule has 0 saturated carbocycles. The average molecular weight is 327 g/mol. The van der Waals surface area contributed by atoms with Gasteiger partial charge in [-0.05, 0) is 76.8 Å². The zero-order valence-electron chi connectivity index (χ0n) is 15.7. The Balaban J connectivity index is 2.00. The molecular weight excluding hydrogens is 288 g/mol. The highest BCUT2D eigenvalue weighted by atomic mass is 28.4. The third-order valence-corrected chi connectivity index (χ3v) is 10.7. The monoisotopic (exact) mass is 326 g/mol. The van der Waals surface area contributed by atoms with E-state index in [4.69, 9.17) is 4.43 Å². The SMILES string of the molecule is CN1CCC[C@H]1C[C@H](C[C@@H]1CCCN1)O[Si](C)(C)C(C)(C)C. The van der Waals surface area contributed by atoms with Crippen LogP contribution in [0.4, 0.5) is 0 Å². The molecule has 0 spiro atoms. The maximum absolute atomic E-state index is 6.85. The number of likely N-dealkylation sites (tertiary alicyclic amines) is 1. The molecule has 130 valence electrons. The Morgan fingerprint density at radius 1 is 1.18 bits per heavy atom. The lowest BCUT2D eigenvalue weighted by atomic mass is 10.0. The molecule has 0 radical (unpaired) electrons. The molecule has 0 aliphatic carbocycles. The lowest BCUT2D eigenvalue weighted by Crippen LogP contribution is -2.46. The van der Waals surface area contributed by atoms with Crippen molar-refractivity contribution < 1.29 is 4.43 Å². The fourth-order valence-electron chi connectivity index (χ4n) is 3.64. The second kappa shape index (κ2) is 7.33. The molecule has 2 saturated heterocycles. The molecule has 22 heavy (non-hydrogen) atoms. The molecule has 0 bridgehead atoms. The summed E-state index contributed by atoms with van der Waals surface area (Å²) in [7, 11) is 0.606. The first-order chi connectivity index (χ1) is 10.2. The van der Waals surface area contributed by atoms with Crippen LogP contribution in [0.5, 0.6) is 0 Å². The predicted molar refractivity (Wildman–Crippen MR) is 98.0 cm³/mol. The highest BCUT2D eigenvalue weighted by Gasteiger charge is 2.40. The summed E-state index contributed by atoms with van der Waals surface area (Å²) >= 11 is 0. The highest BCUT2D eigenvalue weighted by Crippen LogP contribution is 2.39. The van der Waals surface area contributed by atoms with E-state index in [1.165, 1.54) is 51.6 Å².